The largest absolute Gasteiger partial charge is 0.492 e. The zero-order valence-corrected chi connectivity index (χ0v) is 13.1. The summed E-state index contributed by atoms with van der Waals surface area (Å²) in [5, 5.41) is 11.1. The Labute approximate surface area is 129 Å². The summed E-state index contributed by atoms with van der Waals surface area (Å²) >= 11 is 1.61. The Hall–Kier alpha value is -1.69. The molecule has 0 bridgehead atoms. The molecule has 0 aromatic heterocycles. The third-order valence-electron chi connectivity index (χ3n) is 2.95. The molecule has 0 aliphatic rings. The minimum absolute atomic E-state index is 0.405. The average molecular weight is 311 g/mol. The maximum atomic E-state index is 10.8. The molecule has 0 spiro atoms. The molecule has 0 radical (unpaired) electrons. The Balaban J connectivity index is 2.21. The van der Waals surface area contributed by atoms with Crippen LogP contribution in [-0.4, -0.2) is 41.6 Å². The van der Waals surface area contributed by atoms with Crippen LogP contribution in [0.4, 0.5) is 0 Å². The number of amides is 1. The maximum absolute atomic E-state index is 10.8. The molecule has 0 aliphatic carbocycles. The number of nitrogens with one attached hydrogen (secondary N) is 1. The highest BCUT2D eigenvalue weighted by molar-refractivity contribution is 7.99. The molecule has 21 heavy (non-hydrogen) atoms. The predicted octanol–water partition coefficient (Wildman–Crippen LogP) is 2.00. The van der Waals surface area contributed by atoms with Gasteiger partial charge in [0.05, 0.1) is 6.61 Å². The predicted molar refractivity (Wildman–Crippen MR) is 84.0 cm³/mol. The second-order valence-corrected chi connectivity index (χ2v) is 5.92. The number of benzene rings is 1. The van der Waals surface area contributed by atoms with Gasteiger partial charge in [-0.25, -0.2) is 4.79 Å². The van der Waals surface area contributed by atoms with Gasteiger partial charge in [-0.05, 0) is 43.2 Å². The zero-order chi connectivity index (χ0) is 15.7. The smallest absolute Gasteiger partial charge is 0.326 e. The maximum Gasteiger partial charge on any atom is 0.326 e. The second-order valence-electron chi connectivity index (χ2n) is 4.69. The summed E-state index contributed by atoms with van der Waals surface area (Å²) in [6.45, 7) is 4.60. The summed E-state index contributed by atoms with van der Waals surface area (Å²) in [7, 11) is 0. The van der Waals surface area contributed by atoms with E-state index < -0.39 is 12.0 Å². The molecule has 1 aromatic rings. The quantitative estimate of drug-likeness (QED) is 0.510. The minimum atomic E-state index is -1.01. The number of aliphatic carboxylic acids is 1. The molecule has 1 atom stereocenters. The number of hydrogen-bond acceptors (Lipinski definition) is 4. The van der Waals surface area contributed by atoms with Crippen molar-refractivity contribution in [3.8, 4) is 5.75 Å². The van der Waals surface area contributed by atoms with Crippen molar-refractivity contribution in [2.45, 2.75) is 26.3 Å². The van der Waals surface area contributed by atoms with Crippen molar-refractivity contribution in [1.29, 1.82) is 0 Å². The van der Waals surface area contributed by atoms with Gasteiger partial charge in [-0.3, -0.25) is 4.79 Å². The molecule has 2 N–H and O–H groups in total. The van der Waals surface area contributed by atoms with Gasteiger partial charge in [0.15, 0.2) is 0 Å². The lowest BCUT2D eigenvalue weighted by molar-refractivity contribution is -0.140. The van der Waals surface area contributed by atoms with E-state index in [2.05, 4.69) is 5.32 Å². The van der Waals surface area contributed by atoms with Crippen LogP contribution in [0.2, 0.25) is 0 Å². The molecule has 0 saturated heterocycles. The first-order valence-corrected chi connectivity index (χ1v) is 7.90. The molecule has 5 nitrogen and oxygen atoms in total. The number of carboxylic acids is 1. The fourth-order valence-corrected chi connectivity index (χ4v) is 2.54. The molecule has 0 aliphatic heterocycles. The first-order chi connectivity index (χ1) is 10.0. The summed E-state index contributed by atoms with van der Waals surface area (Å²) in [6, 6.07) is 5.27. The fourth-order valence-electron chi connectivity index (χ4n) is 1.74. The van der Waals surface area contributed by atoms with Crippen LogP contribution in [0.3, 0.4) is 0 Å². The van der Waals surface area contributed by atoms with E-state index in [4.69, 9.17) is 9.84 Å². The highest BCUT2D eigenvalue weighted by Gasteiger charge is 2.15. The first kappa shape index (κ1) is 17.4. The van der Waals surface area contributed by atoms with Crippen LogP contribution >= 0.6 is 11.8 Å². The summed E-state index contributed by atoms with van der Waals surface area (Å²) in [6.07, 6.45) is 0.829. The lowest BCUT2D eigenvalue weighted by atomic mass is 10.1. The van der Waals surface area contributed by atoms with E-state index in [-0.39, 0.29) is 0 Å². The summed E-state index contributed by atoms with van der Waals surface area (Å²) in [4.78, 5) is 21.1. The van der Waals surface area contributed by atoms with Gasteiger partial charge in [-0.2, -0.15) is 11.8 Å². The second kappa shape index (κ2) is 9.28. The van der Waals surface area contributed by atoms with Crippen molar-refractivity contribution in [3.05, 3.63) is 29.3 Å². The van der Waals surface area contributed by atoms with E-state index >= 15 is 0 Å². The standard InChI is InChI=1S/C15H21NO4S/c1-11-3-4-12(2)14(9-11)20-6-8-21-7-5-13(15(18)19)16-10-17/h3-4,9-10,13H,5-8H2,1-2H3,(H,16,17)(H,18,19). The Morgan fingerprint density at radius 1 is 1.43 bits per heavy atom. The van der Waals surface area contributed by atoms with Crippen LogP contribution in [-0.2, 0) is 9.59 Å². The molecule has 1 amide bonds. The molecule has 1 rings (SSSR count). The molecule has 1 unspecified atom stereocenters. The third kappa shape index (κ3) is 6.53. The lowest BCUT2D eigenvalue weighted by Gasteiger charge is -2.11. The monoisotopic (exact) mass is 311 g/mol. The van der Waals surface area contributed by atoms with Crippen molar-refractivity contribution < 1.29 is 19.4 Å². The van der Waals surface area contributed by atoms with Gasteiger partial charge >= 0.3 is 5.97 Å². The van der Waals surface area contributed by atoms with Crippen molar-refractivity contribution in [2.24, 2.45) is 0 Å². The van der Waals surface area contributed by atoms with E-state index in [1.54, 1.807) is 11.8 Å². The van der Waals surface area contributed by atoms with Gasteiger partial charge in [0.2, 0.25) is 6.41 Å². The van der Waals surface area contributed by atoms with Crippen molar-refractivity contribution in [1.82, 2.24) is 5.32 Å². The van der Waals surface area contributed by atoms with Crippen LogP contribution in [0.5, 0.6) is 5.75 Å². The van der Waals surface area contributed by atoms with E-state index in [1.165, 1.54) is 0 Å². The number of carbonyl (C=O) groups excluding carboxylic acids is 1. The van der Waals surface area contributed by atoms with E-state index in [0.717, 1.165) is 22.6 Å². The number of rotatable bonds is 10. The van der Waals surface area contributed by atoms with Gasteiger partial charge < -0.3 is 15.2 Å². The van der Waals surface area contributed by atoms with Crippen molar-refractivity contribution >= 4 is 24.1 Å². The van der Waals surface area contributed by atoms with Gasteiger partial charge in [-0.15, -0.1) is 0 Å². The summed E-state index contributed by atoms with van der Waals surface area (Å²) in [5.41, 5.74) is 2.26. The Morgan fingerprint density at radius 2 is 2.19 bits per heavy atom. The molecule has 0 fully saturated rings. The van der Waals surface area contributed by atoms with Crippen LogP contribution in [0.1, 0.15) is 17.5 Å². The van der Waals surface area contributed by atoms with E-state index in [1.807, 2.05) is 32.0 Å². The number of hydrogen-bond donors (Lipinski definition) is 2. The number of thioether (sulfide) groups is 1. The Morgan fingerprint density at radius 3 is 2.86 bits per heavy atom. The zero-order valence-electron chi connectivity index (χ0n) is 12.3. The summed E-state index contributed by atoms with van der Waals surface area (Å²) < 4.78 is 5.71. The molecule has 0 saturated carbocycles. The minimum Gasteiger partial charge on any atom is -0.492 e. The SMILES string of the molecule is Cc1ccc(C)c(OCCSCCC(NC=O)C(=O)O)c1. The number of aryl methyl sites for hydroxylation is 2. The Kier molecular flexibility index (Phi) is 7.68. The molecule has 116 valence electrons. The molecule has 1 aromatic carbocycles. The van der Waals surface area contributed by atoms with Crippen LogP contribution in [0.15, 0.2) is 18.2 Å². The Bertz CT molecular complexity index is 479. The highest BCUT2D eigenvalue weighted by atomic mass is 32.2. The normalized spacial score (nSPS) is 11.7. The van der Waals surface area contributed by atoms with E-state index in [9.17, 15) is 9.59 Å². The highest BCUT2D eigenvalue weighted by Crippen LogP contribution is 2.19. The first-order valence-electron chi connectivity index (χ1n) is 6.75. The van der Waals surface area contributed by atoms with Crippen molar-refractivity contribution in [3.63, 3.8) is 0 Å². The third-order valence-corrected chi connectivity index (χ3v) is 3.93. The molecule has 6 heteroatoms. The number of carbonyl (C=O) groups is 2. The average Bonchev–Trinajstić information content (AvgIpc) is 2.44. The number of carboxylic acid groups (broad SMARTS) is 1. The van der Waals surface area contributed by atoms with Gasteiger partial charge in [0, 0.05) is 5.75 Å². The topological polar surface area (TPSA) is 75.6 Å². The molecular formula is C15H21NO4S. The fraction of sp³-hybridized carbons (Fsp3) is 0.467. The van der Waals surface area contributed by atoms with Crippen LogP contribution in [0, 0.1) is 13.8 Å². The summed E-state index contributed by atoms with van der Waals surface area (Å²) in [5.74, 6) is 1.32. The van der Waals surface area contributed by atoms with Crippen LogP contribution in [0.25, 0.3) is 0 Å². The van der Waals surface area contributed by atoms with Gasteiger partial charge in [0.1, 0.15) is 11.8 Å². The van der Waals surface area contributed by atoms with E-state index in [0.29, 0.717) is 25.2 Å². The van der Waals surface area contributed by atoms with Gasteiger partial charge in [-0.1, -0.05) is 12.1 Å². The van der Waals surface area contributed by atoms with Gasteiger partial charge in [0.25, 0.3) is 0 Å². The van der Waals surface area contributed by atoms with Crippen molar-refractivity contribution in [2.75, 3.05) is 18.1 Å². The number of ether oxygens (including phenoxy) is 1. The lowest BCUT2D eigenvalue weighted by Crippen LogP contribution is -2.36. The van der Waals surface area contributed by atoms with Crippen LogP contribution < -0.4 is 10.1 Å². The molecular weight excluding hydrogens is 290 g/mol. The molecule has 0 heterocycles.